The van der Waals surface area contributed by atoms with Gasteiger partial charge in [-0.1, -0.05) is 12.1 Å². The molecule has 2 aromatic rings. The largest absolute Gasteiger partial charge is 0.475 e. The molecule has 0 amide bonds. The maximum absolute atomic E-state index is 10.6. The Bertz CT molecular complexity index is 611. The van der Waals surface area contributed by atoms with E-state index in [9.17, 15) is 4.79 Å². The number of rotatable bonds is 4. The third-order valence-electron chi connectivity index (χ3n) is 2.37. The van der Waals surface area contributed by atoms with Crippen LogP contribution in [0.2, 0.25) is 0 Å². The molecule has 18 heavy (non-hydrogen) atoms. The number of carbonyl (C=O) groups is 1. The Morgan fingerprint density at radius 1 is 1.33 bits per heavy atom. The van der Waals surface area contributed by atoms with E-state index in [1.807, 2.05) is 6.07 Å². The minimum Gasteiger partial charge on any atom is -0.475 e. The number of hydrogen-bond donors (Lipinski definition) is 2. The maximum atomic E-state index is 10.6. The van der Waals surface area contributed by atoms with Crippen LogP contribution >= 0.6 is 0 Å². The van der Waals surface area contributed by atoms with Crippen molar-refractivity contribution < 1.29 is 14.3 Å². The molecule has 0 atom stereocenters. The van der Waals surface area contributed by atoms with Crippen molar-refractivity contribution in [3.05, 3.63) is 53.5 Å². The number of nitrogens with zero attached hydrogens (tertiary/aromatic N) is 1. The first kappa shape index (κ1) is 11.7. The molecule has 0 aliphatic rings. The minimum absolute atomic E-state index is 0.0969. The zero-order valence-corrected chi connectivity index (χ0v) is 9.38. The van der Waals surface area contributed by atoms with E-state index in [1.165, 1.54) is 6.07 Å². The molecule has 0 aliphatic carbocycles. The molecule has 0 saturated heterocycles. The van der Waals surface area contributed by atoms with Gasteiger partial charge in [-0.05, 0) is 24.3 Å². The smallest absolute Gasteiger partial charge is 0.371 e. The summed E-state index contributed by atoms with van der Waals surface area (Å²) in [6.45, 7) is 0.325. The van der Waals surface area contributed by atoms with Gasteiger partial charge in [0.25, 0.3) is 0 Å². The van der Waals surface area contributed by atoms with E-state index in [1.54, 1.807) is 24.3 Å². The molecule has 0 spiro atoms. The first-order chi connectivity index (χ1) is 8.70. The van der Waals surface area contributed by atoms with Crippen molar-refractivity contribution in [2.75, 3.05) is 5.32 Å². The average molecular weight is 242 g/mol. The van der Waals surface area contributed by atoms with E-state index in [-0.39, 0.29) is 5.76 Å². The molecule has 0 saturated carbocycles. The molecule has 5 nitrogen and oxygen atoms in total. The van der Waals surface area contributed by atoms with E-state index in [4.69, 9.17) is 14.8 Å². The van der Waals surface area contributed by atoms with Crippen LogP contribution in [0.3, 0.4) is 0 Å². The summed E-state index contributed by atoms with van der Waals surface area (Å²) >= 11 is 0. The third kappa shape index (κ3) is 2.50. The van der Waals surface area contributed by atoms with Crippen LogP contribution in [-0.4, -0.2) is 11.1 Å². The number of anilines is 1. The van der Waals surface area contributed by atoms with Gasteiger partial charge in [-0.2, -0.15) is 5.26 Å². The second-order valence-electron chi connectivity index (χ2n) is 3.58. The van der Waals surface area contributed by atoms with Crippen molar-refractivity contribution in [3.63, 3.8) is 0 Å². The Kier molecular flexibility index (Phi) is 3.30. The summed E-state index contributed by atoms with van der Waals surface area (Å²) in [5, 5.41) is 20.6. The van der Waals surface area contributed by atoms with Crippen molar-refractivity contribution in [1.82, 2.24) is 0 Å². The summed E-state index contributed by atoms with van der Waals surface area (Å²) in [7, 11) is 0. The van der Waals surface area contributed by atoms with Crippen LogP contribution < -0.4 is 5.32 Å². The second-order valence-corrected chi connectivity index (χ2v) is 3.58. The number of carboxylic acid groups (broad SMARTS) is 1. The number of para-hydroxylation sites is 1. The van der Waals surface area contributed by atoms with Crippen LogP contribution in [0.25, 0.3) is 0 Å². The summed E-state index contributed by atoms with van der Waals surface area (Å²) < 4.78 is 5.10. The van der Waals surface area contributed by atoms with E-state index < -0.39 is 5.97 Å². The summed E-state index contributed by atoms with van der Waals surface area (Å²) in [5.74, 6) is -0.695. The molecule has 1 aromatic heterocycles. The average Bonchev–Trinajstić information content (AvgIpc) is 2.85. The number of hydrogen-bond acceptors (Lipinski definition) is 4. The molecule has 90 valence electrons. The number of carboxylic acids is 1. The van der Waals surface area contributed by atoms with Gasteiger partial charge in [-0.3, -0.25) is 0 Å². The van der Waals surface area contributed by atoms with Crippen molar-refractivity contribution in [2.24, 2.45) is 0 Å². The monoisotopic (exact) mass is 242 g/mol. The molecule has 0 bridgehead atoms. The van der Waals surface area contributed by atoms with Gasteiger partial charge in [0.05, 0.1) is 17.8 Å². The number of nitriles is 1. The summed E-state index contributed by atoms with van der Waals surface area (Å²) in [4.78, 5) is 10.6. The van der Waals surface area contributed by atoms with Crippen LogP contribution in [0.1, 0.15) is 21.9 Å². The molecule has 0 unspecified atom stereocenters. The van der Waals surface area contributed by atoms with Crippen molar-refractivity contribution in [3.8, 4) is 6.07 Å². The molecule has 0 radical (unpaired) electrons. The van der Waals surface area contributed by atoms with Crippen molar-refractivity contribution in [1.29, 1.82) is 5.26 Å². The lowest BCUT2D eigenvalue weighted by Gasteiger charge is -2.05. The SMILES string of the molecule is N#Cc1ccccc1NCc1ccc(C(=O)O)o1. The van der Waals surface area contributed by atoms with Crippen molar-refractivity contribution >= 4 is 11.7 Å². The number of aromatic carboxylic acids is 1. The molecule has 5 heteroatoms. The topological polar surface area (TPSA) is 86.3 Å². The Hall–Kier alpha value is -2.74. The number of benzene rings is 1. The number of furan rings is 1. The maximum Gasteiger partial charge on any atom is 0.371 e. The highest BCUT2D eigenvalue weighted by Crippen LogP contribution is 2.16. The van der Waals surface area contributed by atoms with E-state index >= 15 is 0 Å². The first-order valence-electron chi connectivity index (χ1n) is 5.25. The normalized spacial score (nSPS) is 9.72. The van der Waals surface area contributed by atoms with E-state index in [0.29, 0.717) is 23.6 Å². The van der Waals surface area contributed by atoms with Gasteiger partial charge in [0, 0.05) is 0 Å². The van der Waals surface area contributed by atoms with Gasteiger partial charge >= 0.3 is 5.97 Å². The lowest BCUT2D eigenvalue weighted by Crippen LogP contribution is -2.00. The van der Waals surface area contributed by atoms with Crippen LogP contribution in [0, 0.1) is 11.3 Å². The van der Waals surface area contributed by atoms with Gasteiger partial charge < -0.3 is 14.8 Å². The van der Waals surface area contributed by atoms with Gasteiger partial charge in [0.15, 0.2) is 0 Å². The third-order valence-corrected chi connectivity index (χ3v) is 2.37. The molecule has 0 aliphatic heterocycles. The second kappa shape index (κ2) is 5.06. The Morgan fingerprint density at radius 3 is 2.78 bits per heavy atom. The molecule has 1 heterocycles. The predicted octanol–water partition coefficient (Wildman–Crippen LogP) is 2.46. The van der Waals surface area contributed by atoms with Crippen LogP contribution in [0.15, 0.2) is 40.8 Å². The first-order valence-corrected chi connectivity index (χ1v) is 5.25. The standard InChI is InChI=1S/C13H10N2O3/c14-7-9-3-1-2-4-11(9)15-8-10-5-6-12(18-10)13(16)17/h1-6,15H,8H2,(H,16,17). The predicted molar refractivity (Wildman–Crippen MR) is 64.2 cm³/mol. The van der Waals surface area contributed by atoms with E-state index in [0.717, 1.165) is 0 Å². The van der Waals surface area contributed by atoms with Crippen LogP contribution in [0.5, 0.6) is 0 Å². The quantitative estimate of drug-likeness (QED) is 0.860. The molecular formula is C13H10N2O3. The summed E-state index contributed by atoms with van der Waals surface area (Å²) in [6.07, 6.45) is 0. The van der Waals surface area contributed by atoms with Gasteiger partial charge in [0.2, 0.25) is 5.76 Å². The minimum atomic E-state index is -1.10. The number of nitrogens with one attached hydrogen (secondary N) is 1. The van der Waals surface area contributed by atoms with Crippen LogP contribution in [-0.2, 0) is 6.54 Å². The molecule has 1 aromatic carbocycles. The van der Waals surface area contributed by atoms with Crippen LogP contribution in [0.4, 0.5) is 5.69 Å². The summed E-state index contributed by atoms with van der Waals surface area (Å²) in [6, 6.07) is 12.1. The zero-order chi connectivity index (χ0) is 13.0. The summed E-state index contributed by atoms with van der Waals surface area (Å²) in [5.41, 5.74) is 1.22. The molecule has 0 fully saturated rings. The molecular weight excluding hydrogens is 232 g/mol. The Morgan fingerprint density at radius 2 is 2.11 bits per heavy atom. The lowest BCUT2D eigenvalue weighted by molar-refractivity contribution is 0.0660. The van der Waals surface area contributed by atoms with Gasteiger partial charge in [0.1, 0.15) is 11.8 Å². The Labute approximate surface area is 103 Å². The fourth-order valence-corrected chi connectivity index (χ4v) is 1.50. The molecule has 2 rings (SSSR count). The van der Waals surface area contributed by atoms with Crippen molar-refractivity contribution in [2.45, 2.75) is 6.54 Å². The fourth-order valence-electron chi connectivity index (χ4n) is 1.50. The lowest BCUT2D eigenvalue weighted by atomic mass is 10.2. The fraction of sp³-hybridized carbons (Fsp3) is 0.0769. The molecule has 2 N–H and O–H groups in total. The van der Waals surface area contributed by atoms with Gasteiger partial charge in [-0.15, -0.1) is 0 Å². The van der Waals surface area contributed by atoms with Gasteiger partial charge in [-0.25, -0.2) is 4.79 Å². The zero-order valence-electron chi connectivity index (χ0n) is 9.38. The highest BCUT2D eigenvalue weighted by molar-refractivity contribution is 5.84. The Balaban J connectivity index is 2.07. The highest BCUT2D eigenvalue weighted by Gasteiger charge is 2.09. The highest BCUT2D eigenvalue weighted by atomic mass is 16.4. The van der Waals surface area contributed by atoms with E-state index in [2.05, 4.69) is 11.4 Å².